The van der Waals surface area contributed by atoms with E-state index in [1.807, 2.05) is 0 Å². The average molecular weight is 244 g/mol. The van der Waals surface area contributed by atoms with E-state index in [4.69, 9.17) is 28.9 Å². The van der Waals surface area contributed by atoms with Crippen molar-refractivity contribution in [2.24, 2.45) is 5.73 Å². The first kappa shape index (κ1) is 10.4. The first-order valence-electron chi connectivity index (χ1n) is 4.16. The molecular formula is C9H7Cl2N3O. The minimum Gasteiger partial charge on any atom is -0.343 e. The summed E-state index contributed by atoms with van der Waals surface area (Å²) in [6.45, 7) is 0. The molecule has 0 amide bonds. The van der Waals surface area contributed by atoms with Crippen LogP contribution in [0, 0.1) is 0 Å². The van der Waals surface area contributed by atoms with Gasteiger partial charge in [0.05, 0.1) is 16.1 Å². The Bertz CT molecular complexity index is 458. The highest BCUT2D eigenvalue weighted by molar-refractivity contribution is 6.42. The Hall–Kier alpha value is -1.10. The second-order valence-electron chi connectivity index (χ2n) is 2.91. The summed E-state index contributed by atoms with van der Waals surface area (Å²) in [4.78, 5) is 3.86. The monoisotopic (exact) mass is 243 g/mol. The molecule has 4 nitrogen and oxygen atoms in total. The highest BCUT2D eigenvalue weighted by atomic mass is 35.5. The number of hydrogen-bond acceptors (Lipinski definition) is 4. The van der Waals surface area contributed by atoms with Crippen LogP contribution in [0.1, 0.15) is 17.4 Å². The van der Waals surface area contributed by atoms with Gasteiger partial charge in [0.25, 0.3) is 0 Å². The maximum Gasteiger partial charge on any atom is 0.213 e. The lowest BCUT2D eigenvalue weighted by Crippen LogP contribution is -2.14. The predicted molar refractivity (Wildman–Crippen MR) is 56.8 cm³/mol. The van der Waals surface area contributed by atoms with Crippen LogP contribution >= 0.6 is 23.2 Å². The van der Waals surface area contributed by atoms with Crippen LogP contribution < -0.4 is 5.73 Å². The Balaban J connectivity index is 2.42. The predicted octanol–water partition coefficient (Wildman–Crippen LogP) is 2.42. The number of nitrogens with two attached hydrogens (primary N) is 1. The molecule has 15 heavy (non-hydrogen) atoms. The zero-order valence-electron chi connectivity index (χ0n) is 7.52. The van der Waals surface area contributed by atoms with Crippen LogP contribution in [0.3, 0.4) is 0 Å². The highest BCUT2D eigenvalue weighted by Gasteiger charge is 2.17. The molecule has 0 fully saturated rings. The van der Waals surface area contributed by atoms with Gasteiger partial charge in [-0.25, -0.2) is 0 Å². The second-order valence-corrected chi connectivity index (χ2v) is 3.70. The molecule has 1 atom stereocenters. The van der Waals surface area contributed by atoms with Gasteiger partial charge in [-0.2, -0.15) is 4.98 Å². The molecular weight excluding hydrogens is 237 g/mol. The summed E-state index contributed by atoms with van der Waals surface area (Å²) in [6.07, 6.45) is 1.22. The summed E-state index contributed by atoms with van der Waals surface area (Å²) < 4.78 is 4.61. The van der Waals surface area contributed by atoms with Gasteiger partial charge in [0.15, 0.2) is 5.82 Å². The molecule has 0 radical (unpaired) electrons. The Morgan fingerprint density at radius 2 is 2.13 bits per heavy atom. The van der Waals surface area contributed by atoms with Crippen molar-refractivity contribution >= 4 is 23.2 Å². The van der Waals surface area contributed by atoms with Crippen LogP contribution in [-0.2, 0) is 0 Å². The van der Waals surface area contributed by atoms with E-state index in [1.54, 1.807) is 18.2 Å². The largest absolute Gasteiger partial charge is 0.343 e. The molecule has 6 heteroatoms. The lowest BCUT2D eigenvalue weighted by molar-refractivity contribution is 0.407. The normalized spacial score (nSPS) is 12.7. The lowest BCUT2D eigenvalue weighted by atomic mass is 10.1. The van der Waals surface area contributed by atoms with E-state index in [1.165, 1.54) is 6.39 Å². The van der Waals surface area contributed by atoms with Gasteiger partial charge in [-0.3, -0.25) is 0 Å². The maximum absolute atomic E-state index is 6.01. The third-order valence-electron chi connectivity index (χ3n) is 1.97. The fraction of sp³-hybridized carbons (Fsp3) is 0.111. The van der Waals surface area contributed by atoms with Gasteiger partial charge in [-0.05, 0) is 11.6 Å². The molecule has 1 aromatic carbocycles. The van der Waals surface area contributed by atoms with Gasteiger partial charge < -0.3 is 10.3 Å². The number of aromatic nitrogens is 2. The minimum absolute atomic E-state index is 0.374. The first-order chi connectivity index (χ1) is 7.20. The third-order valence-corrected chi connectivity index (χ3v) is 2.81. The third kappa shape index (κ3) is 1.97. The van der Waals surface area contributed by atoms with E-state index >= 15 is 0 Å². The average Bonchev–Trinajstić information content (AvgIpc) is 2.74. The van der Waals surface area contributed by atoms with Gasteiger partial charge in [0.1, 0.15) is 0 Å². The fourth-order valence-corrected chi connectivity index (χ4v) is 1.64. The van der Waals surface area contributed by atoms with Crippen molar-refractivity contribution < 1.29 is 4.52 Å². The van der Waals surface area contributed by atoms with Crippen molar-refractivity contribution in [1.82, 2.24) is 10.1 Å². The summed E-state index contributed by atoms with van der Waals surface area (Å²) in [5.74, 6) is 0.374. The quantitative estimate of drug-likeness (QED) is 0.880. The number of halogens is 2. The van der Waals surface area contributed by atoms with E-state index in [-0.39, 0.29) is 0 Å². The Morgan fingerprint density at radius 3 is 2.80 bits per heavy atom. The van der Waals surface area contributed by atoms with E-state index in [0.717, 1.165) is 0 Å². The van der Waals surface area contributed by atoms with Crippen LogP contribution in [0.2, 0.25) is 10.0 Å². The van der Waals surface area contributed by atoms with E-state index in [2.05, 4.69) is 14.7 Å². The molecule has 1 unspecified atom stereocenters. The van der Waals surface area contributed by atoms with Crippen LogP contribution in [0.5, 0.6) is 0 Å². The minimum atomic E-state index is -0.532. The van der Waals surface area contributed by atoms with Gasteiger partial charge in [-0.1, -0.05) is 40.5 Å². The van der Waals surface area contributed by atoms with E-state index in [9.17, 15) is 0 Å². The Kier molecular flexibility index (Phi) is 2.90. The van der Waals surface area contributed by atoms with Crippen molar-refractivity contribution in [2.75, 3.05) is 0 Å². The summed E-state index contributed by atoms with van der Waals surface area (Å²) in [6, 6.07) is 4.70. The molecule has 78 valence electrons. The van der Waals surface area contributed by atoms with Crippen LogP contribution in [0.4, 0.5) is 0 Å². The fourth-order valence-electron chi connectivity index (χ4n) is 1.22. The number of nitrogens with zero attached hydrogens (tertiary/aromatic N) is 2. The summed E-state index contributed by atoms with van der Waals surface area (Å²) in [7, 11) is 0. The summed E-state index contributed by atoms with van der Waals surface area (Å²) in [5, 5.41) is 4.52. The van der Waals surface area contributed by atoms with Crippen molar-refractivity contribution in [3.8, 4) is 0 Å². The Morgan fingerprint density at radius 1 is 1.33 bits per heavy atom. The van der Waals surface area contributed by atoms with Gasteiger partial charge in [0, 0.05) is 0 Å². The van der Waals surface area contributed by atoms with Crippen LogP contribution in [0.15, 0.2) is 29.1 Å². The van der Waals surface area contributed by atoms with Crippen molar-refractivity contribution in [3.63, 3.8) is 0 Å². The number of benzene rings is 1. The molecule has 1 aromatic heterocycles. The molecule has 0 aliphatic rings. The molecule has 2 N–H and O–H groups in total. The highest BCUT2D eigenvalue weighted by Crippen LogP contribution is 2.30. The maximum atomic E-state index is 6.01. The first-order valence-corrected chi connectivity index (χ1v) is 4.91. The van der Waals surface area contributed by atoms with E-state index in [0.29, 0.717) is 21.4 Å². The van der Waals surface area contributed by atoms with Crippen LogP contribution in [-0.4, -0.2) is 10.1 Å². The van der Waals surface area contributed by atoms with Crippen molar-refractivity contribution in [2.45, 2.75) is 6.04 Å². The molecule has 0 spiro atoms. The van der Waals surface area contributed by atoms with E-state index < -0.39 is 6.04 Å². The van der Waals surface area contributed by atoms with Crippen molar-refractivity contribution in [3.05, 3.63) is 46.0 Å². The molecule has 0 saturated heterocycles. The molecule has 2 rings (SSSR count). The zero-order chi connectivity index (χ0) is 10.8. The van der Waals surface area contributed by atoms with Gasteiger partial charge >= 0.3 is 0 Å². The molecule has 0 aliphatic heterocycles. The molecule has 0 saturated carbocycles. The topological polar surface area (TPSA) is 64.9 Å². The van der Waals surface area contributed by atoms with Gasteiger partial charge in [0.2, 0.25) is 6.39 Å². The standard InChI is InChI=1S/C9H7Cl2N3O/c10-6-3-1-2-5(7(6)11)8(12)9-13-4-15-14-9/h1-4,8H,12H2. The Labute approximate surface area is 96.0 Å². The summed E-state index contributed by atoms with van der Waals surface area (Å²) >= 11 is 11.9. The molecule has 1 heterocycles. The SMILES string of the molecule is NC(c1ncon1)c1cccc(Cl)c1Cl. The van der Waals surface area contributed by atoms with Gasteiger partial charge in [-0.15, -0.1) is 0 Å². The molecule has 0 bridgehead atoms. The second kappa shape index (κ2) is 4.18. The number of rotatable bonds is 2. The van der Waals surface area contributed by atoms with Crippen molar-refractivity contribution in [1.29, 1.82) is 0 Å². The van der Waals surface area contributed by atoms with Crippen LogP contribution in [0.25, 0.3) is 0 Å². The lowest BCUT2D eigenvalue weighted by Gasteiger charge is -2.10. The molecule has 2 aromatic rings. The zero-order valence-corrected chi connectivity index (χ0v) is 9.03. The summed E-state index contributed by atoms with van der Waals surface area (Å²) in [5.41, 5.74) is 6.57. The smallest absolute Gasteiger partial charge is 0.213 e. The molecule has 0 aliphatic carbocycles. The number of hydrogen-bond donors (Lipinski definition) is 1.